The monoisotopic (exact) mass is 545 g/mol. The number of aliphatic carboxylic acids is 1. The number of carbonyl (C=O) groups excluding carboxylic acids is 1. The van der Waals surface area contributed by atoms with E-state index in [0.717, 1.165) is 67.7 Å². The normalized spacial score (nSPS) is 23.6. The predicted octanol–water partition coefficient (Wildman–Crippen LogP) is 5.83. The summed E-state index contributed by atoms with van der Waals surface area (Å²) in [6.45, 7) is 4.86. The van der Waals surface area contributed by atoms with Gasteiger partial charge in [-0.1, -0.05) is 30.3 Å². The van der Waals surface area contributed by atoms with E-state index in [1.807, 2.05) is 6.07 Å². The van der Waals surface area contributed by atoms with E-state index in [0.29, 0.717) is 31.8 Å². The van der Waals surface area contributed by atoms with Gasteiger partial charge in [0.05, 0.1) is 37.2 Å². The van der Waals surface area contributed by atoms with Crippen LogP contribution in [-0.2, 0) is 33.7 Å². The smallest absolute Gasteiger partial charge is 0.409 e. The van der Waals surface area contributed by atoms with Gasteiger partial charge < -0.3 is 24.0 Å². The van der Waals surface area contributed by atoms with E-state index < -0.39 is 5.97 Å². The Morgan fingerprint density at radius 1 is 1.10 bits per heavy atom. The van der Waals surface area contributed by atoms with Crippen LogP contribution in [-0.4, -0.2) is 58.5 Å². The Bertz CT molecular complexity index is 1390. The summed E-state index contributed by atoms with van der Waals surface area (Å²) in [5.41, 5.74) is 7.13. The van der Waals surface area contributed by atoms with Crippen molar-refractivity contribution >= 4 is 23.1 Å². The molecule has 1 aromatic heterocycles. The second-order valence-electron chi connectivity index (χ2n) is 11.8. The molecule has 2 aromatic carbocycles. The third kappa shape index (κ3) is 4.98. The summed E-state index contributed by atoms with van der Waals surface area (Å²) in [5.74, 6) is 0.635. The van der Waals surface area contributed by atoms with Gasteiger partial charge in [-0.05, 0) is 74.6 Å². The molecule has 2 aliphatic heterocycles. The first-order chi connectivity index (χ1) is 19.4. The molecule has 0 spiro atoms. The summed E-state index contributed by atoms with van der Waals surface area (Å²) >= 11 is 0. The van der Waals surface area contributed by atoms with Crippen LogP contribution in [0.4, 0.5) is 4.79 Å². The highest BCUT2D eigenvalue weighted by Crippen LogP contribution is 2.42. The van der Waals surface area contributed by atoms with Gasteiger partial charge >= 0.3 is 12.1 Å². The van der Waals surface area contributed by atoms with Crippen LogP contribution in [0, 0.1) is 5.92 Å². The number of methoxy groups -OCH3 is 1. The molecular formula is C32H39N3O5. The Balaban J connectivity index is 1.50. The fourth-order valence-corrected chi connectivity index (χ4v) is 7.18. The van der Waals surface area contributed by atoms with Gasteiger partial charge in [0.15, 0.2) is 0 Å². The summed E-state index contributed by atoms with van der Waals surface area (Å²) in [4.78, 5) is 31.4. The van der Waals surface area contributed by atoms with Gasteiger partial charge in [-0.3, -0.25) is 4.79 Å². The van der Waals surface area contributed by atoms with Gasteiger partial charge in [-0.15, -0.1) is 0 Å². The number of hydrogen-bond acceptors (Lipinski definition) is 5. The topological polar surface area (TPSA) is 93.9 Å². The van der Waals surface area contributed by atoms with E-state index in [-0.39, 0.29) is 24.0 Å². The van der Waals surface area contributed by atoms with E-state index in [4.69, 9.17) is 14.5 Å². The molecule has 212 valence electrons. The van der Waals surface area contributed by atoms with Crippen LogP contribution in [0.5, 0.6) is 0 Å². The van der Waals surface area contributed by atoms with Gasteiger partial charge in [0.2, 0.25) is 0 Å². The van der Waals surface area contributed by atoms with E-state index >= 15 is 0 Å². The number of fused-ring (bicyclic) bond motifs is 3. The van der Waals surface area contributed by atoms with Gasteiger partial charge in [-0.25, -0.2) is 9.78 Å². The first-order valence-corrected chi connectivity index (χ1v) is 14.7. The molecule has 1 saturated heterocycles. The SMILES string of the molecule is COC(=O)N1CCc2c([C@H]3CCOC3)cc3c(nc(C4CCC(C(=O)O)CC4)n3[C@@H](C)Cc3ccccc3)c2C1. The predicted molar refractivity (Wildman–Crippen MR) is 152 cm³/mol. The number of ether oxygens (including phenoxy) is 2. The molecule has 0 bridgehead atoms. The number of imidazole rings is 1. The summed E-state index contributed by atoms with van der Waals surface area (Å²) in [7, 11) is 1.44. The molecule has 0 radical (unpaired) electrons. The molecule has 2 fully saturated rings. The van der Waals surface area contributed by atoms with Crippen molar-refractivity contribution in [3.63, 3.8) is 0 Å². The number of carbonyl (C=O) groups is 2. The third-order valence-electron chi connectivity index (χ3n) is 9.31. The zero-order valence-corrected chi connectivity index (χ0v) is 23.5. The zero-order chi connectivity index (χ0) is 27.8. The Morgan fingerprint density at radius 3 is 2.55 bits per heavy atom. The van der Waals surface area contributed by atoms with Gasteiger partial charge in [-0.2, -0.15) is 0 Å². The molecule has 2 atom stereocenters. The van der Waals surface area contributed by atoms with Gasteiger partial charge in [0.25, 0.3) is 0 Å². The second-order valence-corrected chi connectivity index (χ2v) is 11.8. The maximum Gasteiger partial charge on any atom is 0.409 e. The Labute approximate surface area is 235 Å². The van der Waals surface area contributed by atoms with Gasteiger partial charge in [0.1, 0.15) is 5.82 Å². The second kappa shape index (κ2) is 11.2. The quantitative estimate of drug-likeness (QED) is 0.419. The highest BCUT2D eigenvalue weighted by Gasteiger charge is 2.35. The minimum atomic E-state index is -0.690. The van der Waals surface area contributed by atoms with Crippen molar-refractivity contribution in [2.45, 2.75) is 76.3 Å². The number of rotatable bonds is 6. The molecule has 3 heterocycles. The van der Waals surface area contributed by atoms with Crippen LogP contribution in [0.3, 0.4) is 0 Å². The van der Waals surface area contributed by atoms with Crippen molar-refractivity contribution < 1.29 is 24.2 Å². The summed E-state index contributed by atoms with van der Waals surface area (Å²) in [5, 5.41) is 9.60. The molecule has 1 amide bonds. The van der Waals surface area contributed by atoms with E-state index in [1.54, 1.807) is 4.90 Å². The standard InChI is InChI=1S/C32H39N3O5/c1-20(16-21-6-4-3-5-7-21)35-28-17-26(24-13-15-40-19-24)25-12-14-34(32(38)39-2)18-27(25)29(28)33-30(35)22-8-10-23(11-9-22)31(36)37/h3-7,17,20,22-24H,8-16,18-19H2,1-2H3,(H,36,37)/t20-,22?,23?,24-/m0/s1. The molecule has 1 saturated carbocycles. The largest absolute Gasteiger partial charge is 0.481 e. The zero-order valence-electron chi connectivity index (χ0n) is 23.5. The summed E-state index contributed by atoms with van der Waals surface area (Å²) in [6, 6.07) is 13.1. The lowest BCUT2D eigenvalue weighted by Crippen LogP contribution is -2.36. The first-order valence-electron chi connectivity index (χ1n) is 14.7. The molecule has 8 nitrogen and oxygen atoms in total. The molecule has 40 heavy (non-hydrogen) atoms. The third-order valence-corrected chi connectivity index (χ3v) is 9.31. The van der Waals surface area contributed by atoms with Crippen molar-refractivity contribution in [3.05, 3.63) is 64.5 Å². The van der Waals surface area contributed by atoms with Crippen LogP contribution in [0.2, 0.25) is 0 Å². The number of carboxylic acid groups (broad SMARTS) is 1. The Kier molecular flexibility index (Phi) is 7.53. The van der Waals surface area contributed by atoms with E-state index in [9.17, 15) is 14.7 Å². The highest BCUT2D eigenvalue weighted by atomic mass is 16.5. The van der Waals surface area contributed by atoms with Crippen LogP contribution >= 0.6 is 0 Å². The van der Waals surface area contributed by atoms with Crippen LogP contribution in [0.25, 0.3) is 11.0 Å². The fourth-order valence-electron chi connectivity index (χ4n) is 7.18. The van der Waals surface area contributed by atoms with Crippen molar-refractivity contribution in [1.82, 2.24) is 14.5 Å². The van der Waals surface area contributed by atoms with Crippen LogP contribution in [0.1, 0.15) is 85.0 Å². The fraction of sp³-hybridized carbons (Fsp3) is 0.531. The maximum atomic E-state index is 12.6. The number of carboxylic acids is 1. The van der Waals surface area contributed by atoms with Gasteiger partial charge in [0, 0.05) is 36.6 Å². The lowest BCUT2D eigenvalue weighted by molar-refractivity contribution is -0.142. The Morgan fingerprint density at radius 2 is 1.88 bits per heavy atom. The minimum Gasteiger partial charge on any atom is -0.481 e. The van der Waals surface area contributed by atoms with Crippen LogP contribution < -0.4 is 0 Å². The first kappa shape index (κ1) is 26.8. The lowest BCUT2D eigenvalue weighted by Gasteiger charge is -2.31. The molecule has 3 aromatic rings. The average Bonchev–Trinajstić information content (AvgIpc) is 3.65. The van der Waals surface area contributed by atoms with Crippen molar-refractivity contribution in [1.29, 1.82) is 0 Å². The average molecular weight is 546 g/mol. The Hall–Kier alpha value is -3.39. The number of aromatic nitrogens is 2. The molecule has 1 aliphatic carbocycles. The van der Waals surface area contributed by atoms with Crippen LogP contribution in [0.15, 0.2) is 36.4 Å². The number of benzene rings is 2. The molecule has 1 N–H and O–H groups in total. The number of hydrogen-bond donors (Lipinski definition) is 1. The van der Waals surface area contributed by atoms with E-state index in [1.165, 1.54) is 23.8 Å². The maximum absolute atomic E-state index is 12.6. The van der Waals surface area contributed by atoms with E-state index in [2.05, 4.69) is 41.8 Å². The summed E-state index contributed by atoms with van der Waals surface area (Å²) in [6.07, 6.45) is 5.32. The lowest BCUT2D eigenvalue weighted by atomic mass is 9.81. The van der Waals surface area contributed by atoms with Crippen molar-refractivity contribution in [3.8, 4) is 0 Å². The number of amides is 1. The minimum absolute atomic E-state index is 0.158. The number of nitrogens with zero attached hydrogens (tertiary/aromatic N) is 3. The molecule has 3 aliphatic rings. The van der Waals surface area contributed by atoms with Crippen molar-refractivity contribution in [2.75, 3.05) is 26.9 Å². The molecular weight excluding hydrogens is 506 g/mol. The highest BCUT2D eigenvalue weighted by molar-refractivity contribution is 5.84. The summed E-state index contributed by atoms with van der Waals surface area (Å²) < 4.78 is 13.4. The molecule has 6 rings (SSSR count). The molecule has 8 heteroatoms. The molecule has 0 unspecified atom stereocenters. The van der Waals surface area contributed by atoms with Crippen molar-refractivity contribution in [2.24, 2.45) is 5.92 Å².